The lowest BCUT2D eigenvalue weighted by atomic mass is 10.1. The highest BCUT2D eigenvalue weighted by molar-refractivity contribution is 8.03. The van der Waals surface area contributed by atoms with Crippen molar-refractivity contribution in [1.82, 2.24) is 10.6 Å². The van der Waals surface area contributed by atoms with Crippen LogP contribution in [0.2, 0.25) is 0 Å². The van der Waals surface area contributed by atoms with E-state index in [4.69, 9.17) is 15.2 Å². The molecular formula is C33H43N5O7S2. The van der Waals surface area contributed by atoms with Crippen molar-refractivity contribution < 1.29 is 36.6 Å². The number of benzene rings is 2. The Bertz CT molecular complexity index is 1630. The lowest BCUT2D eigenvalue weighted by molar-refractivity contribution is -0.671. The molecule has 0 atom stereocenters. The minimum atomic E-state index is -4.29. The summed E-state index contributed by atoms with van der Waals surface area (Å²) >= 11 is 1.62. The average Bonchev–Trinajstić information content (AvgIpc) is 3.40. The van der Waals surface area contributed by atoms with Crippen molar-refractivity contribution in [2.75, 3.05) is 63.3 Å². The fraction of sp³-hybridized carbons (Fsp3) is 0.424. The molecule has 2 heterocycles. The van der Waals surface area contributed by atoms with Gasteiger partial charge < -0.3 is 35.3 Å². The Morgan fingerprint density at radius 2 is 1.62 bits per heavy atom. The second-order valence-corrected chi connectivity index (χ2v) is 13.5. The first-order valence-corrected chi connectivity index (χ1v) is 18.1. The summed E-state index contributed by atoms with van der Waals surface area (Å²) in [7, 11) is -4.29. The molecule has 14 heteroatoms. The summed E-state index contributed by atoms with van der Waals surface area (Å²) in [5.41, 5.74) is 8.40. The second kappa shape index (κ2) is 18.7. The first-order valence-electron chi connectivity index (χ1n) is 15.7. The molecule has 0 radical (unpaired) electrons. The van der Waals surface area contributed by atoms with Gasteiger partial charge in [0.2, 0.25) is 17.3 Å². The molecule has 1 aliphatic rings. The third-order valence-electron chi connectivity index (χ3n) is 7.33. The number of pyridine rings is 1. The number of nitrogens with one attached hydrogen (secondary N) is 2. The third kappa shape index (κ3) is 11.9. The van der Waals surface area contributed by atoms with Gasteiger partial charge in [-0.25, -0.2) is 8.42 Å². The van der Waals surface area contributed by atoms with E-state index in [2.05, 4.69) is 44.4 Å². The fourth-order valence-electron chi connectivity index (χ4n) is 5.10. The number of thioether (sulfide) groups is 1. The van der Waals surface area contributed by atoms with Crippen LogP contribution in [0.4, 0.5) is 5.69 Å². The SMILES string of the molecule is NCCOCCOCCNC(=O)CCC(=O)NCCC[n+]1ccc(/C=C2\Sc3ccccc3N2CCCS(=O)(=O)[O-])c2ccccc21. The number of anilines is 1. The highest BCUT2D eigenvalue weighted by Gasteiger charge is 2.25. The number of hydrogen-bond donors (Lipinski definition) is 3. The number of nitrogens with zero attached hydrogens (tertiary/aromatic N) is 2. The fourth-order valence-corrected chi connectivity index (χ4v) is 6.72. The van der Waals surface area contributed by atoms with Crippen LogP contribution in [0.5, 0.6) is 0 Å². The Kier molecular flexibility index (Phi) is 14.5. The minimum absolute atomic E-state index is 0.111. The van der Waals surface area contributed by atoms with E-state index in [1.165, 1.54) is 0 Å². The van der Waals surface area contributed by atoms with Gasteiger partial charge in [0.15, 0.2) is 12.7 Å². The van der Waals surface area contributed by atoms with Crippen LogP contribution in [-0.2, 0) is 35.7 Å². The highest BCUT2D eigenvalue weighted by atomic mass is 32.2. The summed E-state index contributed by atoms with van der Waals surface area (Å²) in [6.07, 6.45) is 5.30. The maximum Gasteiger partial charge on any atom is 0.220 e. The Hall–Kier alpha value is -3.53. The van der Waals surface area contributed by atoms with Gasteiger partial charge in [0.25, 0.3) is 0 Å². The van der Waals surface area contributed by atoms with Gasteiger partial charge in [0, 0.05) is 68.2 Å². The molecular weight excluding hydrogens is 643 g/mol. The topological polar surface area (TPSA) is 167 Å². The van der Waals surface area contributed by atoms with E-state index in [-0.39, 0.29) is 31.1 Å². The molecule has 3 aromatic rings. The molecule has 0 spiro atoms. The van der Waals surface area contributed by atoms with Gasteiger partial charge in [-0.05, 0) is 36.3 Å². The molecule has 4 N–H and O–H groups in total. The van der Waals surface area contributed by atoms with Crippen LogP contribution >= 0.6 is 11.8 Å². The summed E-state index contributed by atoms with van der Waals surface area (Å²) in [5, 5.41) is 7.67. The van der Waals surface area contributed by atoms with E-state index in [1.807, 2.05) is 42.6 Å². The number of fused-ring (bicyclic) bond motifs is 2. The maximum atomic E-state index is 12.3. The van der Waals surface area contributed by atoms with Crippen molar-refractivity contribution in [2.24, 2.45) is 5.73 Å². The summed E-state index contributed by atoms with van der Waals surface area (Å²) in [4.78, 5) is 27.5. The number of hydrogen-bond acceptors (Lipinski definition) is 10. The molecule has 0 fully saturated rings. The van der Waals surface area contributed by atoms with Gasteiger partial charge in [-0.1, -0.05) is 36.0 Å². The Labute approximate surface area is 280 Å². The number of carbonyl (C=O) groups excluding carboxylic acids is 2. The second-order valence-electron chi connectivity index (χ2n) is 10.9. The Morgan fingerprint density at radius 1 is 0.915 bits per heavy atom. The van der Waals surface area contributed by atoms with Crippen LogP contribution in [0, 0.1) is 0 Å². The molecule has 1 aromatic heterocycles. The molecule has 4 rings (SSSR count). The van der Waals surface area contributed by atoms with E-state index in [0.29, 0.717) is 65.6 Å². The molecule has 0 saturated carbocycles. The number of ether oxygens (including phenoxy) is 2. The first-order chi connectivity index (χ1) is 22.7. The van der Waals surface area contributed by atoms with Crippen LogP contribution in [-0.4, -0.2) is 83.1 Å². The molecule has 47 heavy (non-hydrogen) atoms. The lowest BCUT2D eigenvalue weighted by Gasteiger charge is -2.21. The van der Waals surface area contributed by atoms with Crippen LogP contribution in [0.15, 0.2) is 70.7 Å². The van der Waals surface area contributed by atoms with Gasteiger partial charge in [-0.15, -0.1) is 0 Å². The van der Waals surface area contributed by atoms with Gasteiger partial charge >= 0.3 is 0 Å². The predicted molar refractivity (Wildman–Crippen MR) is 182 cm³/mol. The predicted octanol–water partition coefficient (Wildman–Crippen LogP) is 2.37. The zero-order chi connectivity index (χ0) is 33.5. The van der Waals surface area contributed by atoms with Crippen molar-refractivity contribution in [1.29, 1.82) is 0 Å². The van der Waals surface area contributed by atoms with Crippen LogP contribution in [0.1, 0.15) is 31.2 Å². The molecule has 0 bridgehead atoms. The molecule has 2 amide bonds. The third-order valence-corrected chi connectivity index (χ3v) is 9.23. The van der Waals surface area contributed by atoms with Gasteiger partial charge in [0.05, 0.1) is 52.6 Å². The number of aryl methyl sites for hydroxylation is 1. The Morgan fingerprint density at radius 3 is 2.38 bits per heavy atom. The number of rotatable bonds is 20. The van der Waals surface area contributed by atoms with Gasteiger partial charge in [0.1, 0.15) is 0 Å². The number of aromatic nitrogens is 1. The van der Waals surface area contributed by atoms with E-state index in [1.54, 1.807) is 11.8 Å². The van der Waals surface area contributed by atoms with Crippen molar-refractivity contribution in [2.45, 2.75) is 37.1 Å². The van der Waals surface area contributed by atoms with E-state index < -0.39 is 15.9 Å². The zero-order valence-corrected chi connectivity index (χ0v) is 28.0. The van der Waals surface area contributed by atoms with Gasteiger partial charge in [-0.3, -0.25) is 9.59 Å². The minimum Gasteiger partial charge on any atom is -0.748 e. The molecule has 0 saturated heterocycles. The normalized spacial score (nSPS) is 13.7. The summed E-state index contributed by atoms with van der Waals surface area (Å²) in [5.74, 6) is -0.770. The quantitative estimate of drug-likeness (QED) is 0.0913. The lowest BCUT2D eigenvalue weighted by Crippen LogP contribution is -2.37. The summed E-state index contributed by atoms with van der Waals surface area (Å²) in [6.45, 7) is 4.19. The largest absolute Gasteiger partial charge is 0.748 e. The highest BCUT2D eigenvalue weighted by Crippen LogP contribution is 2.46. The van der Waals surface area contributed by atoms with Crippen molar-refractivity contribution >= 4 is 56.4 Å². The standard InChI is InChI=1S/C33H43N5O7S2/c34-14-20-44-22-23-45-21-16-36-32(40)12-11-31(39)35-15-5-17-37-19-13-26(27-7-1-2-8-28(27)37)25-33-38(18-6-24-47(41,42)43)29-9-3-4-10-30(29)46-33/h1-4,7-10,13,19,25H,5-6,11-12,14-18,20-24,34H2,(H2-,35,36,39,40,41,42,43). The summed E-state index contributed by atoms with van der Waals surface area (Å²) in [6, 6.07) is 18.1. The Balaban J connectivity index is 1.26. The van der Waals surface area contributed by atoms with E-state index >= 15 is 0 Å². The smallest absolute Gasteiger partial charge is 0.220 e. The molecule has 1 aliphatic heterocycles. The average molecular weight is 686 g/mol. The number of nitrogens with two attached hydrogens (primary N) is 1. The maximum absolute atomic E-state index is 12.3. The van der Waals surface area contributed by atoms with Crippen molar-refractivity contribution in [3.05, 3.63) is 71.4 Å². The van der Waals surface area contributed by atoms with Crippen molar-refractivity contribution in [3.8, 4) is 0 Å². The van der Waals surface area contributed by atoms with Crippen LogP contribution in [0.3, 0.4) is 0 Å². The summed E-state index contributed by atoms with van der Waals surface area (Å²) < 4.78 is 46.4. The monoisotopic (exact) mass is 685 g/mol. The molecule has 254 valence electrons. The molecule has 2 aromatic carbocycles. The van der Waals surface area contributed by atoms with Gasteiger partial charge in [-0.2, -0.15) is 4.57 Å². The number of amides is 2. The van der Waals surface area contributed by atoms with E-state index in [9.17, 15) is 22.6 Å². The number of para-hydroxylation sites is 2. The molecule has 0 aliphatic carbocycles. The van der Waals surface area contributed by atoms with Crippen LogP contribution < -0.4 is 25.8 Å². The molecule has 0 unspecified atom stereocenters. The number of carbonyl (C=O) groups is 2. The van der Waals surface area contributed by atoms with E-state index in [0.717, 1.165) is 32.1 Å². The van der Waals surface area contributed by atoms with Crippen molar-refractivity contribution in [3.63, 3.8) is 0 Å². The first kappa shape index (κ1) is 36.3. The molecule has 12 nitrogen and oxygen atoms in total. The zero-order valence-electron chi connectivity index (χ0n) is 26.4. The van der Waals surface area contributed by atoms with Crippen LogP contribution in [0.25, 0.3) is 17.0 Å².